The molecule has 1 aromatic heterocycles. The smallest absolute Gasteiger partial charge is 0.196 e. The molecular formula is C7H4OS. The SMILES string of the molecule is O=C1C=Cc2ccsc21. The fourth-order valence-electron chi connectivity index (χ4n) is 0.892. The van der Waals surface area contributed by atoms with Gasteiger partial charge in [0.1, 0.15) is 0 Å². The van der Waals surface area contributed by atoms with Crippen LogP contribution in [0.5, 0.6) is 0 Å². The molecule has 1 aliphatic carbocycles. The zero-order chi connectivity index (χ0) is 6.27. The molecule has 2 rings (SSSR count). The van der Waals surface area contributed by atoms with Gasteiger partial charge < -0.3 is 0 Å². The van der Waals surface area contributed by atoms with Crippen LogP contribution in [-0.4, -0.2) is 5.78 Å². The normalized spacial score (nSPS) is 14.4. The van der Waals surface area contributed by atoms with Gasteiger partial charge in [0.05, 0.1) is 4.88 Å². The first-order chi connectivity index (χ1) is 4.38. The fraction of sp³-hybridized carbons (Fsp3) is 0. The van der Waals surface area contributed by atoms with Crippen LogP contribution in [0.25, 0.3) is 6.08 Å². The van der Waals surface area contributed by atoms with Crippen LogP contribution in [0.1, 0.15) is 15.2 Å². The summed E-state index contributed by atoms with van der Waals surface area (Å²) < 4.78 is 0. The van der Waals surface area contributed by atoms with Gasteiger partial charge in [-0.15, -0.1) is 11.3 Å². The predicted molar refractivity (Wildman–Crippen MR) is 37.7 cm³/mol. The van der Waals surface area contributed by atoms with Gasteiger partial charge in [0.25, 0.3) is 0 Å². The Balaban J connectivity index is 2.73. The minimum absolute atomic E-state index is 0.153. The van der Waals surface area contributed by atoms with E-state index < -0.39 is 0 Å². The second-order valence-electron chi connectivity index (χ2n) is 1.90. The third-order valence-corrected chi connectivity index (χ3v) is 2.28. The average Bonchev–Trinajstić information content (AvgIpc) is 2.35. The number of carbonyl (C=O) groups is 1. The summed E-state index contributed by atoms with van der Waals surface area (Å²) >= 11 is 1.51. The van der Waals surface area contributed by atoms with E-state index in [-0.39, 0.29) is 5.78 Å². The van der Waals surface area contributed by atoms with Crippen LogP contribution >= 0.6 is 11.3 Å². The van der Waals surface area contributed by atoms with Gasteiger partial charge in [0.15, 0.2) is 5.78 Å². The Labute approximate surface area is 56.6 Å². The highest BCUT2D eigenvalue weighted by Crippen LogP contribution is 2.24. The molecule has 0 unspecified atom stereocenters. The summed E-state index contributed by atoms with van der Waals surface area (Å²) in [5.74, 6) is 0.153. The van der Waals surface area contributed by atoms with E-state index >= 15 is 0 Å². The molecule has 0 saturated heterocycles. The molecule has 1 aromatic rings. The molecule has 9 heavy (non-hydrogen) atoms. The van der Waals surface area contributed by atoms with Crippen molar-refractivity contribution in [2.45, 2.75) is 0 Å². The standard InChI is InChI=1S/C7H4OS/c8-6-2-1-5-3-4-9-7(5)6/h1-4H. The molecular weight excluding hydrogens is 132 g/mol. The highest BCUT2D eigenvalue weighted by molar-refractivity contribution is 7.12. The van der Waals surface area contributed by atoms with Crippen molar-refractivity contribution >= 4 is 23.2 Å². The number of carbonyl (C=O) groups excluding carboxylic acids is 1. The van der Waals surface area contributed by atoms with E-state index in [0.29, 0.717) is 0 Å². The first-order valence-corrected chi connectivity index (χ1v) is 3.56. The van der Waals surface area contributed by atoms with Gasteiger partial charge in [-0.2, -0.15) is 0 Å². The summed E-state index contributed by atoms with van der Waals surface area (Å²) in [6.07, 6.45) is 3.47. The molecule has 1 nitrogen and oxygen atoms in total. The Morgan fingerprint density at radius 1 is 1.33 bits per heavy atom. The van der Waals surface area contributed by atoms with Crippen LogP contribution in [0.3, 0.4) is 0 Å². The Bertz CT molecular complexity index is 283. The van der Waals surface area contributed by atoms with Crippen LogP contribution in [0.2, 0.25) is 0 Å². The zero-order valence-electron chi connectivity index (χ0n) is 4.63. The van der Waals surface area contributed by atoms with Gasteiger partial charge in [0, 0.05) is 0 Å². The summed E-state index contributed by atoms with van der Waals surface area (Å²) in [5.41, 5.74) is 1.07. The van der Waals surface area contributed by atoms with E-state index in [0.717, 1.165) is 10.4 Å². The second kappa shape index (κ2) is 1.54. The maximum atomic E-state index is 10.9. The van der Waals surface area contributed by atoms with E-state index in [1.165, 1.54) is 11.3 Å². The maximum absolute atomic E-state index is 10.9. The van der Waals surface area contributed by atoms with Gasteiger partial charge in [0.2, 0.25) is 0 Å². The van der Waals surface area contributed by atoms with Crippen LogP contribution < -0.4 is 0 Å². The van der Waals surface area contributed by atoms with Crippen LogP contribution in [-0.2, 0) is 0 Å². The molecule has 0 amide bonds. The Morgan fingerprint density at radius 3 is 3.00 bits per heavy atom. The first kappa shape index (κ1) is 4.94. The van der Waals surface area contributed by atoms with E-state index in [4.69, 9.17) is 0 Å². The number of ketones is 1. The van der Waals surface area contributed by atoms with Gasteiger partial charge in [-0.25, -0.2) is 0 Å². The van der Waals surface area contributed by atoms with E-state index in [2.05, 4.69) is 0 Å². The molecule has 0 bridgehead atoms. The van der Waals surface area contributed by atoms with Crippen LogP contribution in [0, 0.1) is 0 Å². The maximum Gasteiger partial charge on any atom is 0.196 e. The summed E-state index contributed by atoms with van der Waals surface area (Å²) in [6, 6.07) is 1.96. The Hall–Kier alpha value is -0.890. The second-order valence-corrected chi connectivity index (χ2v) is 2.82. The third kappa shape index (κ3) is 0.566. The van der Waals surface area contributed by atoms with E-state index in [9.17, 15) is 4.79 Å². The minimum Gasteiger partial charge on any atom is -0.288 e. The molecule has 44 valence electrons. The van der Waals surface area contributed by atoms with Gasteiger partial charge in [-0.3, -0.25) is 4.79 Å². The zero-order valence-corrected chi connectivity index (χ0v) is 5.44. The van der Waals surface area contributed by atoms with Crippen molar-refractivity contribution in [3.63, 3.8) is 0 Å². The number of allylic oxidation sites excluding steroid dienone is 1. The van der Waals surface area contributed by atoms with Crippen molar-refractivity contribution in [1.82, 2.24) is 0 Å². The van der Waals surface area contributed by atoms with Crippen LogP contribution in [0.4, 0.5) is 0 Å². The summed E-state index contributed by atoms with van der Waals surface area (Å²) in [5, 5.41) is 1.94. The number of hydrogen-bond donors (Lipinski definition) is 0. The number of fused-ring (bicyclic) bond motifs is 1. The van der Waals surface area contributed by atoms with Gasteiger partial charge in [-0.1, -0.05) is 0 Å². The number of hydrogen-bond acceptors (Lipinski definition) is 2. The van der Waals surface area contributed by atoms with Crippen molar-refractivity contribution in [2.75, 3.05) is 0 Å². The predicted octanol–water partition coefficient (Wildman–Crippen LogP) is 1.96. The average molecular weight is 136 g/mol. The summed E-state index contributed by atoms with van der Waals surface area (Å²) in [4.78, 5) is 11.7. The third-order valence-electron chi connectivity index (χ3n) is 1.33. The lowest BCUT2D eigenvalue weighted by Crippen LogP contribution is -1.83. The van der Waals surface area contributed by atoms with E-state index in [1.54, 1.807) is 6.08 Å². The molecule has 1 heterocycles. The van der Waals surface area contributed by atoms with Crippen molar-refractivity contribution in [3.05, 3.63) is 28.0 Å². The number of rotatable bonds is 0. The fourth-order valence-corrected chi connectivity index (χ4v) is 1.70. The molecule has 0 N–H and O–H groups in total. The lowest BCUT2D eigenvalue weighted by Gasteiger charge is -1.79. The van der Waals surface area contributed by atoms with Crippen molar-refractivity contribution in [2.24, 2.45) is 0 Å². The van der Waals surface area contributed by atoms with Crippen LogP contribution in [0.15, 0.2) is 17.5 Å². The Morgan fingerprint density at radius 2 is 2.22 bits per heavy atom. The molecule has 0 radical (unpaired) electrons. The molecule has 0 fully saturated rings. The summed E-state index contributed by atoms with van der Waals surface area (Å²) in [6.45, 7) is 0. The highest BCUT2D eigenvalue weighted by atomic mass is 32.1. The first-order valence-electron chi connectivity index (χ1n) is 2.68. The van der Waals surface area contributed by atoms with Gasteiger partial charge >= 0.3 is 0 Å². The molecule has 0 atom stereocenters. The lowest BCUT2D eigenvalue weighted by atomic mass is 10.3. The Kier molecular flexibility index (Phi) is 0.848. The minimum atomic E-state index is 0.153. The number of thiophene rings is 1. The van der Waals surface area contributed by atoms with Crippen molar-refractivity contribution in [3.8, 4) is 0 Å². The monoisotopic (exact) mass is 136 g/mol. The van der Waals surface area contributed by atoms with Crippen molar-refractivity contribution in [1.29, 1.82) is 0 Å². The van der Waals surface area contributed by atoms with Crippen molar-refractivity contribution < 1.29 is 4.79 Å². The quantitative estimate of drug-likeness (QED) is 0.532. The summed E-state index contributed by atoms with van der Waals surface area (Å²) in [7, 11) is 0. The van der Waals surface area contributed by atoms with E-state index in [1.807, 2.05) is 17.5 Å². The largest absolute Gasteiger partial charge is 0.288 e. The lowest BCUT2D eigenvalue weighted by molar-refractivity contribution is 0.105. The molecule has 0 aliphatic heterocycles. The topological polar surface area (TPSA) is 17.1 Å². The van der Waals surface area contributed by atoms with Gasteiger partial charge in [-0.05, 0) is 29.2 Å². The molecule has 0 saturated carbocycles. The molecule has 2 heteroatoms. The highest BCUT2D eigenvalue weighted by Gasteiger charge is 2.13. The molecule has 0 spiro atoms. The molecule has 1 aliphatic rings. The molecule has 0 aromatic carbocycles.